The standard InChI is InChI=1S/C13H14N2S/c1-10(13-3-2-8-16-13)15-12-6-4-11(9-14)5-7-12/h2-8,15H,1,9,14H2. The average molecular weight is 230 g/mol. The Morgan fingerprint density at radius 2 is 2.00 bits per heavy atom. The van der Waals surface area contributed by atoms with Gasteiger partial charge in [0.1, 0.15) is 0 Å². The second-order valence-corrected chi connectivity index (χ2v) is 4.43. The van der Waals surface area contributed by atoms with Crippen LogP contribution in [-0.2, 0) is 6.54 Å². The number of benzene rings is 1. The smallest absolute Gasteiger partial charge is 0.0499 e. The van der Waals surface area contributed by atoms with Gasteiger partial charge in [-0.05, 0) is 29.1 Å². The maximum atomic E-state index is 5.54. The molecule has 1 aromatic heterocycles. The number of nitrogens with two attached hydrogens (primary N) is 1. The van der Waals surface area contributed by atoms with Gasteiger partial charge in [-0.3, -0.25) is 0 Å². The molecule has 3 N–H and O–H groups in total. The molecule has 0 fully saturated rings. The maximum absolute atomic E-state index is 5.54. The van der Waals surface area contributed by atoms with Gasteiger partial charge in [-0.2, -0.15) is 0 Å². The number of anilines is 1. The van der Waals surface area contributed by atoms with Crippen LogP contribution < -0.4 is 11.1 Å². The van der Waals surface area contributed by atoms with Crippen LogP contribution in [0.4, 0.5) is 5.69 Å². The summed E-state index contributed by atoms with van der Waals surface area (Å²) in [7, 11) is 0. The molecule has 0 aliphatic rings. The summed E-state index contributed by atoms with van der Waals surface area (Å²) in [6.07, 6.45) is 0. The first kappa shape index (κ1) is 10.9. The molecule has 0 radical (unpaired) electrons. The number of hydrogen-bond acceptors (Lipinski definition) is 3. The van der Waals surface area contributed by atoms with Crippen molar-refractivity contribution < 1.29 is 0 Å². The predicted octanol–water partition coefficient (Wildman–Crippen LogP) is 3.29. The van der Waals surface area contributed by atoms with Gasteiger partial charge in [-0.25, -0.2) is 0 Å². The number of hydrogen-bond donors (Lipinski definition) is 2. The monoisotopic (exact) mass is 230 g/mol. The minimum absolute atomic E-state index is 0.576. The first-order valence-electron chi connectivity index (χ1n) is 5.08. The van der Waals surface area contributed by atoms with Crippen molar-refractivity contribution in [2.24, 2.45) is 5.73 Å². The minimum Gasteiger partial charge on any atom is -0.355 e. The van der Waals surface area contributed by atoms with Gasteiger partial charge in [0, 0.05) is 22.8 Å². The van der Waals surface area contributed by atoms with Crippen molar-refractivity contribution in [2.75, 3.05) is 5.32 Å². The van der Waals surface area contributed by atoms with Gasteiger partial charge >= 0.3 is 0 Å². The Morgan fingerprint density at radius 1 is 1.25 bits per heavy atom. The van der Waals surface area contributed by atoms with Crippen LogP contribution in [0, 0.1) is 0 Å². The minimum atomic E-state index is 0.576. The van der Waals surface area contributed by atoms with Crippen LogP contribution in [0.3, 0.4) is 0 Å². The van der Waals surface area contributed by atoms with Gasteiger partial charge in [-0.1, -0.05) is 24.8 Å². The fraction of sp³-hybridized carbons (Fsp3) is 0.0769. The Bertz CT molecular complexity index is 457. The fourth-order valence-corrected chi connectivity index (χ4v) is 2.06. The van der Waals surface area contributed by atoms with Gasteiger partial charge in [0.2, 0.25) is 0 Å². The molecule has 2 aromatic rings. The molecule has 0 atom stereocenters. The van der Waals surface area contributed by atoms with E-state index in [2.05, 4.69) is 11.9 Å². The van der Waals surface area contributed by atoms with E-state index < -0.39 is 0 Å². The summed E-state index contributed by atoms with van der Waals surface area (Å²) in [6, 6.07) is 12.1. The molecule has 3 heteroatoms. The van der Waals surface area contributed by atoms with E-state index >= 15 is 0 Å². The second kappa shape index (κ2) is 4.96. The van der Waals surface area contributed by atoms with Gasteiger partial charge in [0.25, 0.3) is 0 Å². The van der Waals surface area contributed by atoms with E-state index in [0.717, 1.165) is 21.8 Å². The summed E-state index contributed by atoms with van der Waals surface area (Å²) in [4.78, 5) is 1.16. The Morgan fingerprint density at radius 3 is 2.56 bits per heavy atom. The van der Waals surface area contributed by atoms with E-state index in [1.54, 1.807) is 11.3 Å². The van der Waals surface area contributed by atoms with Crippen molar-refractivity contribution in [3.8, 4) is 0 Å². The summed E-state index contributed by atoms with van der Waals surface area (Å²) in [5.74, 6) is 0. The van der Waals surface area contributed by atoms with E-state index in [9.17, 15) is 0 Å². The largest absolute Gasteiger partial charge is 0.355 e. The summed E-state index contributed by atoms with van der Waals surface area (Å²) in [5.41, 5.74) is 8.64. The zero-order valence-electron chi connectivity index (χ0n) is 8.94. The predicted molar refractivity (Wildman–Crippen MR) is 71.3 cm³/mol. The molecule has 0 amide bonds. The highest BCUT2D eigenvalue weighted by Gasteiger charge is 2.00. The molecule has 0 saturated heterocycles. The first-order valence-corrected chi connectivity index (χ1v) is 5.96. The zero-order valence-corrected chi connectivity index (χ0v) is 9.76. The number of nitrogens with one attached hydrogen (secondary N) is 1. The molecule has 2 rings (SSSR count). The van der Waals surface area contributed by atoms with Crippen molar-refractivity contribution in [1.82, 2.24) is 0 Å². The van der Waals surface area contributed by atoms with E-state index in [1.807, 2.05) is 41.8 Å². The Kier molecular flexibility index (Phi) is 3.39. The zero-order chi connectivity index (χ0) is 11.4. The summed E-state index contributed by atoms with van der Waals surface area (Å²) in [5, 5.41) is 5.31. The van der Waals surface area contributed by atoms with E-state index in [0.29, 0.717) is 6.54 Å². The van der Waals surface area contributed by atoms with Crippen LogP contribution in [0.5, 0.6) is 0 Å². The third-order valence-electron chi connectivity index (χ3n) is 2.30. The molecule has 0 aliphatic carbocycles. The van der Waals surface area contributed by atoms with Gasteiger partial charge in [0.15, 0.2) is 0 Å². The Balaban J connectivity index is 2.06. The van der Waals surface area contributed by atoms with E-state index in [4.69, 9.17) is 5.73 Å². The molecule has 1 heterocycles. The van der Waals surface area contributed by atoms with Gasteiger partial charge in [0.05, 0.1) is 0 Å². The topological polar surface area (TPSA) is 38.0 Å². The van der Waals surface area contributed by atoms with Gasteiger partial charge < -0.3 is 11.1 Å². The highest BCUT2D eigenvalue weighted by molar-refractivity contribution is 7.11. The normalized spacial score (nSPS) is 10.1. The van der Waals surface area contributed by atoms with E-state index in [1.165, 1.54) is 0 Å². The van der Waals surface area contributed by atoms with Crippen LogP contribution in [-0.4, -0.2) is 0 Å². The van der Waals surface area contributed by atoms with Crippen LogP contribution in [0.1, 0.15) is 10.4 Å². The van der Waals surface area contributed by atoms with Crippen LogP contribution >= 0.6 is 11.3 Å². The van der Waals surface area contributed by atoms with Crippen molar-refractivity contribution >= 4 is 22.7 Å². The van der Waals surface area contributed by atoms with Crippen molar-refractivity contribution in [2.45, 2.75) is 6.54 Å². The third-order valence-corrected chi connectivity index (χ3v) is 3.23. The van der Waals surface area contributed by atoms with Gasteiger partial charge in [-0.15, -0.1) is 11.3 Å². The lowest BCUT2D eigenvalue weighted by Gasteiger charge is -2.08. The number of thiophene rings is 1. The van der Waals surface area contributed by atoms with Crippen molar-refractivity contribution in [1.29, 1.82) is 0 Å². The lowest BCUT2D eigenvalue weighted by atomic mass is 10.2. The molecule has 0 spiro atoms. The molecule has 0 saturated carbocycles. The quantitative estimate of drug-likeness (QED) is 0.845. The van der Waals surface area contributed by atoms with E-state index in [-0.39, 0.29) is 0 Å². The van der Waals surface area contributed by atoms with Crippen LogP contribution in [0.15, 0.2) is 48.4 Å². The average Bonchev–Trinajstić information content (AvgIpc) is 2.83. The molecule has 0 bridgehead atoms. The molecule has 82 valence electrons. The highest BCUT2D eigenvalue weighted by Crippen LogP contribution is 2.21. The van der Waals surface area contributed by atoms with Crippen LogP contribution in [0.25, 0.3) is 5.70 Å². The molecular formula is C13H14N2S. The maximum Gasteiger partial charge on any atom is 0.0499 e. The van der Waals surface area contributed by atoms with Crippen LogP contribution in [0.2, 0.25) is 0 Å². The fourth-order valence-electron chi connectivity index (χ4n) is 1.41. The first-order chi connectivity index (χ1) is 7.79. The Labute approximate surface area is 99.4 Å². The Hall–Kier alpha value is -1.58. The number of rotatable bonds is 4. The lowest BCUT2D eigenvalue weighted by molar-refractivity contribution is 1.07. The molecule has 0 aliphatic heterocycles. The molecule has 2 nitrogen and oxygen atoms in total. The molecule has 1 aromatic carbocycles. The molecular weight excluding hydrogens is 216 g/mol. The lowest BCUT2D eigenvalue weighted by Crippen LogP contribution is -1.98. The summed E-state index contributed by atoms with van der Waals surface area (Å²) in [6.45, 7) is 4.59. The van der Waals surface area contributed by atoms with Crippen molar-refractivity contribution in [3.05, 3.63) is 58.8 Å². The summed E-state index contributed by atoms with van der Waals surface area (Å²) < 4.78 is 0. The highest BCUT2D eigenvalue weighted by atomic mass is 32.1. The third kappa shape index (κ3) is 2.51. The molecule has 16 heavy (non-hydrogen) atoms. The molecule has 0 unspecified atom stereocenters. The van der Waals surface area contributed by atoms with Crippen molar-refractivity contribution in [3.63, 3.8) is 0 Å². The SMILES string of the molecule is C=C(Nc1ccc(CN)cc1)c1cccs1. The second-order valence-electron chi connectivity index (χ2n) is 3.48. The summed E-state index contributed by atoms with van der Waals surface area (Å²) >= 11 is 1.68.